The maximum Gasteiger partial charge on any atom is 0.200 e. The Kier molecular flexibility index (Phi) is 6.00. The molecule has 1 aliphatic heterocycles. The number of carbonyl (C=O) groups is 1. The van der Waals surface area contributed by atoms with Crippen molar-refractivity contribution in [2.75, 3.05) is 0 Å². The van der Waals surface area contributed by atoms with E-state index in [-0.39, 0.29) is 11.5 Å². The van der Waals surface area contributed by atoms with Crippen LogP contribution in [0.25, 0.3) is 11.1 Å². The van der Waals surface area contributed by atoms with Gasteiger partial charge in [-0.3, -0.25) is 0 Å². The van der Waals surface area contributed by atoms with E-state index in [2.05, 4.69) is 38.0 Å². The van der Waals surface area contributed by atoms with Gasteiger partial charge in [0.25, 0.3) is 0 Å². The van der Waals surface area contributed by atoms with Gasteiger partial charge in [0.2, 0.25) is 5.89 Å². The first-order valence-corrected chi connectivity index (χ1v) is 10.5. The minimum absolute atomic E-state index is 0.148. The normalized spacial score (nSPS) is 24.1. The van der Waals surface area contributed by atoms with Crippen LogP contribution in [0.4, 0.5) is 0 Å². The smallest absolute Gasteiger partial charge is 0.200 e. The Morgan fingerprint density at radius 2 is 2.08 bits per heavy atom. The lowest BCUT2D eigenvalue weighted by Gasteiger charge is -2.35. The zero-order valence-corrected chi connectivity index (χ0v) is 17.4. The van der Waals surface area contributed by atoms with Crippen LogP contribution in [-0.2, 0) is 10.2 Å². The van der Waals surface area contributed by atoms with Crippen molar-refractivity contribution in [2.24, 2.45) is 0 Å². The van der Waals surface area contributed by atoms with Gasteiger partial charge in [0.05, 0.1) is 9.92 Å². The molecule has 142 valence electrons. The van der Waals surface area contributed by atoms with Crippen LogP contribution in [0, 0.1) is 0 Å². The van der Waals surface area contributed by atoms with E-state index in [0.29, 0.717) is 22.7 Å². The first-order valence-electron chi connectivity index (χ1n) is 9.27. The van der Waals surface area contributed by atoms with Crippen LogP contribution in [0.1, 0.15) is 59.3 Å². The zero-order chi connectivity index (χ0) is 18.9. The molecule has 0 spiro atoms. The zero-order valence-electron chi connectivity index (χ0n) is 15.8. The van der Waals surface area contributed by atoms with Crippen LogP contribution in [0.5, 0.6) is 0 Å². The van der Waals surface area contributed by atoms with Crippen molar-refractivity contribution in [3.63, 3.8) is 0 Å². The summed E-state index contributed by atoms with van der Waals surface area (Å²) in [6, 6.07) is 4.50. The first-order chi connectivity index (χ1) is 12.3. The number of oxazole rings is 1. The van der Waals surface area contributed by atoms with E-state index < -0.39 is 0 Å². The molecule has 6 heteroatoms. The van der Waals surface area contributed by atoms with Gasteiger partial charge in [0.15, 0.2) is 5.58 Å². The third-order valence-electron chi connectivity index (χ3n) is 4.83. The molecule has 2 heterocycles. The van der Waals surface area contributed by atoms with Crippen LogP contribution in [0.15, 0.2) is 21.4 Å². The topological polar surface area (TPSA) is 55.1 Å². The van der Waals surface area contributed by atoms with Crippen molar-refractivity contribution in [3.05, 3.63) is 23.0 Å². The summed E-state index contributed by atoms with van der Waals surface area (Å²) in [5, 5.41) is 4.69. The van der Waals surface area contributed by atoms with Crippen LogP contribution in [-0.4, -0.2) is 28.6 Å². The van der Waals surface area contributed by atoms with Crippen LogP contribution in [0.3, 0.4) is 0 Å². The Bertz CT molecular complexity index is 784. The second-order valence-corrected chi connectivity index (χ2v) is 9.79. The fourth-order valence-electron chi connectivity index (χ4n) is 3.40. The van der Waals surface area contributed by atoms with Crippen molar-refractivity contribution in [1.82, 2.24) is 10.3 Å². The summed E-state index contributed by atoms with van der Waals surface area (Å²) in [6.07, 6.45) is 4.64. The molecular formula is C20H27ClN2O2S. The number of benzene rings is 1. The van der Waals surface area contributed by atoms with E-state index in [0.717, 1.165) is 47.4 Å². The molecule has 1 aromatic heterocycles. The minimum atomic E-state index is -0.148. The van der Waals surface area contributed by atoms with E-state index >= 15 is 0 Å². The maximum absolute atomic E-state index is 11.0. The van der Waals surface area contributed by atoms with E-state index in [1.807, 2.05) is 12.1 Å². The number of halogens is 1. The highest BCUT2D eigenvalue weighted by atomic mass is 35.5. The SMILES string of the molecule is CCC1CC(Sc2c(Cl)ccc3nc(C(C)(C)C)oc23)CC(CC=O)N1. The molecule has 26 heavy (non-hydrogen) atoms. The molecule has 3 rings (SSSR count). The van der Waals surface area contributed by atoms with Gasteiger partial charge in [-0.2, -0.15) is 0 Å². The largest absolute Gasteiger partial charge is 0.439 e. The average molecular weight is 395 g/mol. The molecule has 1 saturated heterocycles. The molecular weight excluding hydrogens is 368 g/mol. The number of aromatic nitrogens is 1. The van der Waals surface area contributed by atoms with Gasteiger partial charge in [-0.15, -0.1) is 11.8 Å². The molecule has 0 amide bonds. The summed E-state index contributed by atoms with van der Waals surface area (Å²) in [5.74, 6) is 0.729. The minimum Gasteiger partial charge on any atom is -0.439 e. The number of carbonyl (C=O) groups excluding carboxylic acids is 1. The highest BCUT2D eigenvalue weighted by Crippen LogP contribution is 2.42. The highest BCUT2D eigenvalue weighted by Gasteiger charge is 2.30. The molecule has 3 atom stereocenters. The standard InChI is InChI=1S/C20H27ClN2O2S/c1-5-12-10-14(11-13(22-12)8-9-24)26-18-15(21)6-7-16-17(18)25-19(23-16)20(2,3)4/h6-7,9,12-14,22H,5,8,10-11H2,1-4H3. The Labute approximate surface area is 164 Å². The van der Waals surface area contributed by atoms with Crippen molar-refractivity contribution < 1.29 is 9.21 Å². The highest BCUT2D eigenvalue weighted by molar-refractivity contribution is 8.00. The third kappa shape index (κ3) is 4.26. The number of thioether (sulfide) groups is 1. The Balaban J connectivity index is 1.90. The van der Waals surface area contributed by atoms with E-state index in [9.17, 15) is 4.79 Å². The fourth-order valence-corrected chi connectivity index (χ4v) is 5.11. The summed E-state index contributed by atoms with van der Waals surface area (Å²) in [7, 11) is 0. The Hall–Kier alpha value is -1.04. The number of hydrogen-bond donors (Lipinski definition) is 1. The molecule has 1 aliphatic rings. The van der Waals surface area contributed by atoms with E-state index in [4.69, 9.17) is 16.0 Å². The predicted octanol–water partition coefficient (Wildman–Crippen LogP) is 5.36. The van der Waals surface area contributed by atoms with Gasteiger partial charge in [0, 0.05) is 29.2 Å². The quantitative estimate of drug-likeness (QED) is 0.692. The molecule has 1 N–H and O–H groups in total. The van der Waals surface area contributed by atoms with Gasteiger partial charge in [-0.25, -0.2) is 4.98 Å². The van der Waals surface area contributed by atoms with Crippen LogP contribution < -0.4 is 5.32 Å². The van der Waals surface area contributed by atoms with Gasteiger partial charge in [-0.1, -0.05) is 39.3 Å². The Morgan fingerprint density at radius 1 is 1.35 bits per heavy atom. The van der Waals surface area contributed by atoms with Crippen LogP contribution in [0.2, 0.25) is 5.02 Å². The molecule has 0 saturated carbocycles. The number of nitrogens with zero attached hydrogens (tertiary/aromatic N) is 1. The monoisotopic (exact) mass is 394 g/mol. The summed E-state index contributed by atoms with van der Waals surface area (Å²) in [6.45, 7) is 8.46. The molecule has 0 bridgehead atoms. The molecule has 0 aliphatic carbocycles. The Morgan fingerprint density at radius 3 is 2.73 bits per heavy atom. The second kappa shape index (κ2) is 7.91. The van der Waals surface area contributed by atoms with Gasteiger partial charge in [-0.05, 0) is 31.4 Å². The lowest BCUT2D eigenvalue weighted by Crippen LogP contribution is -2.46. The maximum atomic E-state index is 11.0. The number of hydrogen-bond acceptors (Lipinski definition) is 5. The summed E-state index contributed by atoms with van der Waals surface area (Å²) < 4.78 is 6.13. The number of fused-ring (bicyclic) bond motifs is 1. The number of nitrogens with one attached hydrogen (secondary N) is 1. The molecule has 1 fully saturated rings. The number of rotatable bonds is 5. The number of aldehydes is 1. The summed E-state index contributed by atoms with van der Waals surface area (Å²) >= 11 is 8.31. The van der Waals surface area contributed by atoms with Crippen molar-refractivity contribution in [1.29, 1.82) is 0 Å². The summed E-state index contributed by atoms with van der Waals surface area (Å²) in [4.78, 5) is 16.6. The van der Waals surface area contributed by atoms with Crippen molar-refractivity contribution >= 4 is 40.7 Å². The predicted molar refractivity (Wildman–Crippen MR) is 108 cm³/mol. The van der Waals surface area contributed by atoms with Gasteiger partial charge >= 0.3 is 0 Å². The molecule has 3 unspecified atom stereocenters. The van der Waals surface area contributed by atoms with Crippen molar-refractivity contribution in [2.45, 2.75) is 81.0 Å². The lowest BCUT2D eigenvalue weighted by molar-refractivity contribution is -0.108. The van der Waals surface area contributed by atoms with Gasteiger partial charge < -0.3 is 14.5 Å². The van der Waals surface area contributed by atoms with Crippen LogP contribution >= 0.6 is 23.4 Å². The second-order valence-electron chi connectivity index (χ2n) is 8.08. The molecule has 0 radical (unpaired) electrons. The van der Waals surface area contributed by atoms with E-state index in [1.165, 1.54) is 0 Å². The molecule has 2 aromatic rings. The molecule has 1 aromatic carbocycles. The first kappa shape index (κ1) is 19.7. The third-order valence-corrected chi connectivity index (χ3v) is 6.62. The number of piperidine rings is 1. The average Bonchev–Trinajstić information content (AvgIpc) is 3.02. The van der Waals surface area contributed by atoms with Gasteiger partial charge in [0.1, 0.15) is 11.8 Å². The summed E-state index contributed by atoms with van der Waals surface area (Å²) in [5.41, 5.74) is 1.49. The fraction of sp³-hybridized carbons (Fsp3) is 0.600. The van der Waals surface area contributed by atoms with Crippen molar-refractivity contribution in [3.8, 4) is 0 Å². The molecule has 4 nitrogen and oxygen atoms in total. The lowest BCUT2D eigenvalue weighted by atomic mass is 9.95. The van der Waals surface area contributed by atoms with E-state index in [1.54, 1.807) is 11.8 Å².